The number of benzene rings is 3. The predicted molar refractivity (Wildman–Crippen MR) is 119 cm³/mol. The molecule has 0 fully saturated rings. The summed E-state index contributed by atoms with van der Waals surface area (Å²) in [7, 11) is -3.29. The molecule has 0 unspecified atom stereocenters. The Morgan fingerprint density at radius 2 is 1.35 bits per heavy atom. The molecule has 0 aliphatic carbocycles. The smallest absolute Gasteiger partial charge is 0.322 e. The highest BCUT2D eigenvalue weighted by molar-refractivity contribution is 7.89. The molecule has 0 atom stereocenters. The minimum atomic E-state index is -4.85. The second-order valence-electron chi connectivity index (χ2n) is 7.44. The quantitative estimate of drug-likeness (QED) is 0.477. The fraction of sp³-hybridized carbons (Fsp3) is 0.130. The van der Waals surface area contributed by atoms with Crippen LogP contribution in [0.25, 0.3) is 0 Å². The Bertz CT molecular complexity index is 1320. The van der Waals surface area contributed by atoms with Gasteiger partial charge < -0.3 is 10.6 Å². The van der Waals surface area contributed by atoms with E-state index >= 15 is 0 Å². The van der Waals surface area contributed by atoms with Gasteiger partial charge in [0.1, 0.15) is 5.82 Å². The monoisotopic (exact) mass is 494 g/mol. The third-order valence-electron chi connectivity index (χ3n) is 4.58. The molecule has 0 aliphatic rings. The molecule has 3 aromatic carbocycles. The molecule has 0 bridgehead atoms. The van der Waals surface area contributed by atoms with Gasteiger partial charge in [-0.25, -0.2) is 12.8 Å². The van der Waals surface area contributed by atoms with Crippen LogP contribution in [0.1, 0.15) is 31.8 Å². The number of rotatable bonds is 6. The lowest BCUT2D eigenvalue weighted by atomic mass is 10.1. The Morgan fingerprint density at radius 3 is 1.88 bits per heavy atom. The number of nitrogens with one attached hydrogen (secondary N) is 2. The van der Waals surface area contributed by atoms with Gasteiger partial charge in [0.15, 0.2) is 9.84 Å². The van der Waals surface area contributed by atoms with E-state index in [4.69, 9.17) is 0 Å². The normalized spacial score (nSPS) is 11.7. The molecule has 0 spiro atoms. The first-order chi connectivity index (χ1) is 15.8. The first kappa shape index (κ1) is 24.9. The van der Waals surface area contributed by atoms with Gasteiger partial charge in [0.25, 0.3) is 11.8 Å². The van der Waals surface area contributed by atoms with Crippen LogP contribution in [0.2, 0.25) is 0 Å². The van der Waals surface area contributed by atoms with E-state index in [2.05, 4.69) is 10.6 Å². The zero-order valence-electron chi connectivity index (χ0n) is 17.6. The number of anilines is 2. The van der Waals surface area contributed by atoms with Crippen LogP contribution in [-0.2, 0) is 21.8 Å². The van der Waals surface area contributed by atoms with Crippen molar-refractivity contribution in [2.75, 3.05) is 16.9 Å². The number of halogens is 4. The van der Waals surface area contributed by atoms with Gasteiger partial charge in [-0.15, -0.1) is 0 Å². The molecule has 2 N–H and O–H groups in total. The highest BCUT2D eigenvalue weighted by Gasteiger charge is 2.34. The zero-order chi connectivity index (χ0) is 25.1. The SMILES string of the molecule is CS(=O)(=O)Cc1ccc(C(=O)Nc2ccc(NC(=O)c3ccc(F)cc3)cc2C(F)(F)F)cc1. The highest BCUT2D eigenvalue weighted by Crippen LogP contribution is 2.37. The Balaban J connectivity index is 1.80. The summed E-state index contributed by atoms with van der Waals surface area (Å²) < 4.78 is 76.6. The van der Waals surface area contributed by atoms with Crippen molar-refractivity contribution in [2.24, 2.45) is 0 Å². The molecular weight excluding hydrogens is 476 g/mol. The van der Waals surface area contributed by atoms with E-state index in [-0.39, 0.29) is 22.6 Å². The average molecular weight is 494 g/mol. The second-order valence-corrected chi connectivity index (χ2v) is 9.58. The molecule has 0 saturated heterocycles. The summed E-state index contributed by atoms with van der Waals surface area (Å²) >= 11 is 0. The van der Waals surface area contributed by atoms with E-state index in [1.807, 2.05) is 0 Å². The maximum atomic E-state index is 13.6. The van der Waals surface area contributed by atoms with E-state index in [1.54, 1.807) is 0 Å². The largest absolute Gasteiger partial charge is 0.418 e. The topological polar surface area (TPSA) is 92.3 Å². The fourth-order valence-corrected chi connectivity index (χ4v) is 3.82. The highest BCUT2D eigenvalue weighted by atomic mass is 32.2. The van der Waals surface area contributed by atoms with Gasteiger partial charge in [0.05, 0.1) is 17.0 Å². The number of hydrogen-bond donors (Lipinski definition) is 2. The number of carbonyl (C=O) groups excluding carboxylic acids is 2. The number of hydrogen-bond acceptors (Lipinski definition) is 4. The summed E-state index contributed by atoms with van der Waals surface area (Å²) in [5, 5.41) is 4.49. The number of amides is 2. The van der Waals surface area contributed by atoms with Gasteiger partial charge in [-0.1, -0.05) is 12.1 Å². The molecule has 2 amide bonds. The number of carbonyl (C=O) groups is 2. The maximum absolute atomic E-state index is 13.6. The van der Waals surface area contributed by atoms with Crippen LogP contribution >= 0.6 is 0 Å². The van der Waals surface area contributed by atoms with Gasteiger partial charge in [-0.3, -0.25) is 9.59 Å². The van der Waals surface area contributed by atoms with Crippen LogP contribution in [0, 0.1) is 5.82 Å². The standard InChI is InChI=1S/C23H18F4N2O4S/c1-34(32,33)13-14-2-4-15(5-3-14)22(31)29-20-11-10-18(12-19(20)23(25,26)27)28-21(30)16-6-8-17(24)9-7-16/h2-12H,13H2,1H3,(H,28,30)(H,29,31). The summed E-state index contributed by atoms with van der Waals surface area (Å²) in [5.41, 5.74) is -1.39. The zero-order valence-corrected chi connectivity index (χ0v) is 18.4. The summed E-state index contributed by atoms with van der Waals surface area (Å²) in [6.45, 7) is 0. The van der Waals surface area contributed by atoms with Gasteiger partial charge in [-0.2, -0.15) is 13.2 Å². The molecule has 178 valence electrons. The van der Waals surface area contributed by atoms with Crippen LogP contribution in [0.3, 0.4) is 0 Å². The lowest BCUT2D eigenvalue weighted by molar-refractivity contribution is -0.136. The third-order valence-corrected chi connectivity index (χ3v) is 5.44. The summed E-state index contributed by atoms with van der Waals surface area (Å²) in [5.74, 6) is -2.38. The molecule has 0 radical (unpaired) electrons. The van der Waals surface area contributed by atoms with E-state index in [1.165, 1.54) is 42.5 Å². The van der Waals surface area contributed by atoms with Gasteiger partial charge >= 0.3 is 6.18 Å². The summed E-state index contributed by atoms with van der Waals surface area (Å²) in [4.78, 5) is 24.7. The first-order valence-corrected chi connectivity index (χ1v) is 11.7. The third kappa shape index (κ3) is 6.64. The fourth-order valence-electron chi connectivity index (χ4n) is 3.02. The molecule has 0 aliphatic heterocycles. The average Bonchev–Trinajstić information content (AvgIpc) is 2.74. The molecule has 11 heteroatoms. The van der Waals surface area contributed by atoms with Crippen molar-refractivity contribution >= 4 is 33.0 Å². The summed E-state index contributed by atoms with van der Waals surface area (Å²) in [6.07, 6.45) is -3.80. The van der Waals surface area contributed by atoms with Crippen molar-refractivity contribution in [1.82, 2.24) is 0 Å². The van der Waals surface area contributed by atoms with Crippen LogP contribution in [0.4, 0.5) is 28.9 Å². The Labute approximate surface area is 192 Å². The van der Waals surface area contributed by atoms with E-state index < -0.39 is 44.9 Å². The Hall–Kier alpha value is -3.73. The Kier molecular flexibility index (Phi) is 7.06. The lowest BCUT2D eigenvalue weighted by Crippen LogP contribution is -2.18. The van der Waals surface area contributed by atoms with Crippen molar-refractivity contribution < 1.29 is 35.6 Å². The Morgan fingerprint density at radius 1 is 0.824 bits per heavy atom. The van der Waals surface area contributed by atoms with E-state index in [9.17, 15) is 35.6 Å². The lowest BCUT2D eigenvalue weighted by Gasteiger charge is -2.16. The molecule has 3 aromatic rings. The van der Waals surface area contributed by atoms with Gasteiger partial charge in [-0.05, 0) is 60.2 Å². The van der Waals surface area contributed by atoms with Crippen molar-refractivity contribution in [3.8, 4) is 0 Å². The van der Waals surface area contributed by atoms with Crippen LogP contribution in [-0.4, -0.2) is 26.5 Å². The predicted octanol–water partition coefficient (Wildman–Crippen LogP) is 4.89. The van der Waals surface area contributed by atoms with Crippen LogP contribution in [0.5, 0.6) is 0 Å². The van der Waals surface area contributed by atoms with Crippen LogP contribution < -0.4 is 10.6 Å². The molecule has 0 saturated carbocycles. The van der Waals surface area contributed by atoms with E-state index in [0.29, 0.717) is 11.6 Å². The van der Waals surface area contributed by atoms with Crippen molar-refractivity contribution in [2.45, 2.75) is 11.9 Å². The molecule has 0 aromatic heterocycles. The minimum absolute atomic E-state index is 0.0269. The first-order valence-electron chi connectivity index (χ1n) is 9.68. The maximum Gasteiger partial charge on any atom is 0.418 e. The van der Waals surface area contributed by atoms with Crippen molar-refractivity contribution in [3.63, 3.8) is 0 Å². The van der Waals surface area contributed by atoms with Crippen LogP contribution in [0.15, 0.2) is 66.7 Å². The molecule has 0 heterocycles. The summed E-state index contributed by atoms with van der Waals surface area (Å²) in [6, 6.07) is 12.7. The number of alkyl halides is 3. The minimum Gasteiger partial charge on any atom is -0.322 e. The second kappa shape index (κ2) is 9.64. The van der Waals surface area contributed by atoms with Gasteiger partial charge in [0, 0.05) is 23.1 Å². The van der Waals surface area contributed by atoms with Crippen molar-refractivity contribution in [3.05, 3.63) is 94.8 Å². The molecule has 6 nitrogen and oxygen atoms in total. The molecular formula is C23H18F4N2O4S. The van der Waals surface area contributed by atoms with E-state index in [0.717, 1.165) is 24.5 Å². The van der Waals surface area contributed by atoms with Crippen molar-refractivity contribution in [1.29, 1.82) is 0 Å². The number of sulfone groups is 1. The molecule has 34 heavy (non-hydrogen) atoms. The molecule has 3 rings (SSSR count). The van der Waals surface area contributed by atoms with Gasteiger partial charge in [0.2, 0.25) is 0 Å².